The van der Waals surface area contributed by atoms with Gasteiger partial charge in [-0.25, -0.2) is 5.43 Å². The molecule has 4 nitrogen and oxygen atoms in total. The summed E-state index contributed by atoms with van der Waals surface area (Å²) in [6.45, 7) is 1.96. The van der Waals surface area contributed by atoms with Gasteiger partial charge in [0.25, 0.3) is 5.91 Å². The fourth-order valence-electron chi connectivity index (χ4n) is 2.60. The maximum atomic E-state index is 12.6. The number of benzene rings is 3. The van der Waals surface area contributed by atoms with E-state index in [1.807, 2.05) is 67.6 Å². The van der Waals surface area contributed by atoms with E-state index in [2.05, 4.69) is 10.5 Å². The maximum absolute atomic E-state index is 12.6. The van der Waals surface area contributed by atoms with Crippen LogP contribution in [0.1, 0.15) is 38.3 Å². The van der Waals surface area contributed by atoms with Gasteiger partial charge in [0.1, 0.15) is 0 Å². The number of hydrogen-bond donors (Lipinski definition) is 1. The third-order valence-electron chi connectivity index (χ3n) is 4.14. The minimum absolute atomic E-state index is 0.0530. The first-order valence-electron chi connectivity index (χ1n) is 8.71. The van der Waals surface area contributed by atoms with Crippen LogP contribution in [0.4, 0.5) is 0 Å². The quantitative estimate of drug-likeness (QED) is 0.404. The molecule has 134 valence electrons. The molecule has 27 heavy (non-hydrogen) atoms. The molecule has 1 N–H and O–H groups in total. The second kappa shape index (κ2) is 8.72. The standard InChI is InChI=1S/C23H20N2O2/c1-17-12-14-20(15-13-17)23(27)25-24-21(18-8-4-2-5-9-18)16-22(26)19-10-6-3-7-11-19/h2-15H,16H2,1H3,(H,25,27). The molecule has 3 aromatic rings. The van der Waals surface area contributed by atoms with Crippen molar-refractivity contribution in [1.82, 2.24) is 5.43 Å². The van der Waals surface area contributed by atoms with E-state index in [1.54, 1.807) is 24.3 Å². The SMILES string of the molecule is Cc1ccc(C(=O)NN=C(CC(=O)c2ccccc2)c2ccccc2)cc1. The van der Waals surface area contributed by atoms with Gasteiger partial charge in [0.2, 0.25) is 0 Å². The number of aryl methyl sites for hydroxylation is 1. The Labute approximate surface area is 158 Å². The van der Waals surface area contributed by atoms with Gasteiger partial charge >= 0.3 is 0 Å². The summed E-state index contributed by atoms with van der Waals surface area (Å²) in [7, 11) is 0. The lowest BCUT2D eigenvalue weighted by molar-refractivity contribution is 0.0951. The van der Waals surface area contributed by atoms with Crippen LogP contribution < -0.4 is 5.43 Å². The highest BCUT2D eigenvalue weighted by Gasteiger charge is 2.13. The van der Waals surface area contributed by atoms with Crippen LogP contribution in [0, 0.1) is 6.92 Å². The monoisotopic (exact) mass is 356 g/mol. The van der Waals surface area contributed by atoms with Crippen molar-refractivity contribution < 1.29 is 9.59 Å². The molecule has 0 bridgehead atoms. The Balaban J connectivity index is 1.81. The summed E-state index contributed by atoms with van der Waals surface area (Å²) in [5.41, 5.74) is 6.10. The van der Waals surface area contributed by atoms with Gasteiger partial charge in [0.15, 0.2) is 5.78 Å². The summed E-state index contributed by atoms with van der Waals surface area (Å²) in [6, 6.07) is 25.7. The molecule has 0 unspecified atom stereocenters. The second-order valence-electron chi connectivity index (χ2n) is 6.20. The van der Waals surface area contributed by atoms with Crippen molar-refractivity contribution in [3.8, 4) is 0 Å². The number of nitrogens with one attached hydrogen (secondary N) is 1. The number of hydrogen-bond acceptors (Lipinski definition) is 3. The summed E-state index contributed by atoms with van der Waals surface area (Å²) in [5.74, 6) is -0.363. The summed E-state index contributed by atoms with van der Waals surface area (Å²) < 4.78 is 0. The molecule has 0 aliphatic rings. The number of amides is 1. The van der Waals surface area contributed by atoms with Gasteiger partial charge in [-0.05, 0) is 24.6 Å². The first-order chi connectivity index (χ1) is 13.1. The van der Waals surface area contributed by atoms with Crippen molar-refractivity contribution in [3.63, 3.8) is 0 Å². The van der Waals surface area contributed by atoms with E-state index < -0.39 is 0 Å². The predicted octanol–water partition coefficient (Wildman–Crippen LogP) is 4.40. The van der Waals surface area contributed by atoms with Crippen LogP contribution in [0.2, 0.25) is 0 Å². The predicted molar refractivity (Wildman–Crippen MR) is 107 cm³/mol. The molecular formula is C23H20N2O2. The Morgan fingerprint density at radius 1 is 0.741 bits per heavy atom. The Morgan fingerprint density at radius 2 is 1.30 bits per heavy atom. The van der Waals surface area contributed by atoms with E-state index >= 15 is 0 Å². The molecule has 0 aromatic heterocycles. The average molecular weight is 356 g/mol. The molecule has 0 aliphatic carbocycles. The Bertz CT molecular complexity index is 947. The highest BCUT2D eigenvalue weighted by atomic mass is 16.2. The van der Waals surface area contributed by atoms with Gasteiger partial charge in [0.05, 0.1) is 12.1 Å². The smallest absolute Gasteiger partial charge is 0.271 e. The summed E-state index contributed by atoms with van der Waals surface area (Å²) in [6.07, 6.45) is 0.0994. The molecule has 0 saturated heterocycles. The normalized spacial score (nSPS) is 11.1. The number of Topliss-reactive ketones (excluding diaryl/α,β-unsaturated/α-hetero) is 1. The third-order valence-corrected chi connectivity index (χ3v) is 4.14. The fraction of sp³-hybridized carbons (Fsp3) is 0.0870. The minimum Gasteiger partial charge on any atom is -0.294 e. The van der Waals surface area contributed by atoms with Crippen molar-refractivity contribution >= 4 is 17.4 Å². The molecule has 0 heterocycles. The molecule has 0 spiro atoms. The van der Waals surface area contributed by atoms with Crippen molar-refractivity contribution in [1.29, 1.82) is 0 Å². The van der Waals surface area contributed by atoms with E-state index in [0.717, 1.165) is 11.1 Å². The van der Waals surface area contributed by atoms with Gasteiger partial charge in [-0.3, -0.25) is 9.59 Å². The molecule has 3 aromatic carbocycles. The lowest BCUT2D eigenvalue weighted by Gasteiger charge is -2.08. The van der Waals surface area contributed by atoms with E-state index in [1.165, 1.54) is 0 Å². The van der Waals surface area contributed by atoms with Crippen LogP contribution in [0.5, 0.6) is 0 Å². The summed E-state index contributed by atoms with van der Waals surface area (Å²) in [4.78, 5) is 24.9. The van der Waals surface area contributed by atoms with Crippen molar-refractivity contribution in [2.75, 3.05) is 0 Å². The Morgan fingerprint density at radius 3 is 1.89 bits per heavy atom. The lowest BCUT2D eigenvalue weighted by Crippen LogP contribution is -2.21. The molecule has 0 saturated carbocycles. The molecule has 0 aliphatic heterocycles. The van der Waals surface area contributed by atoms with E-state index in [-0.39, 0.29) is 18.1 Å². The van der Waals surface area contributed by atoms with Crippen LogP contribution in [0.3, 0.4) is 0 Å². The van der Waals surface area contributed by atoms with Crippen LogP contribution in [-0.2, 0) is 0 Å². The number of rotatable bonds is 6. The van der Waals surface area contributed by atoms with Gasteiger partial charge in [-0.1, -0.05) is 78.4 Å². The molecular weight excluding hydrogens is 336 g/mol. The summed E-state index contributed by atoms with van der Waals surface area (Å²) >= 11 is 0. The zero-order valence-corrected chi connectivity index (χ0v) is 15.1. The molecule has 4 heteroatoms. The van der Waals surface area contributed by atoms with Gasteiger partial charge in [0, 0.05) is 11.1 Å². The fourth-order valence-corrected chi connectivity index (χ4v) is 2.60. The highest BCUT2D eigenvalue weighted by molar-refractivity contribution is 6.16. The van der Waals surface area contributed by atoms with E-state index in [0.29, 0.717) is 16.8 Å². The highest BCUT2D eigenvalue weighted by Crippen LogP contribution is 2.10. The lowest BCUT2D eigenvalue weighted by atomic mass is 10.0. The van der Waals surface area contributed by atoms with E-state index in [9.17, 15) is 9.59 Å². The van der Waals surface area contributed by atoms with Gasteiger partial charge < -0.3 is 0 Å². The molecule has 3 rings (SSSR count). The van der Waals surface area contributed by atoms with Crippen molar-refractivity contribution in [2.45, 2.75) is 13.3 Å². The molecule has 0 fully saturated rings. The van der Waals surface area contributed by atoms with Crippen LogP contribution in [0.15, 0.2) is 90.0 Å². The van der Waals surface area contributed by atoms with Crippen LogP contribution in [-0.4, -0.2) is 17.4 Å². The number of carbonyl (C=O) groups excluding carboxylic acids is 2. The number of hydrazone groups is 1. The minimum atomic E-state index is -0.310. The van der Waals surface area contributed by atoms with Crippen LogP contribution >= 0.6 is 0 Å². The second-order valence-corrected chi connectivity index (χ2v) is 6.20. The zero-order valence-electron chi connectivity index (χ0n) is 15.1. The van der Waals surface area contributed by atoms with Gasteiger partial charge in [-0.2, -0.15) is 5.10 Å². The number of nitrogens with zero attached hydrogens (tertiary/aromatic N) is 1. The third kappa shape index (κ3) is 4.98. The average Bonchev–Trinajstić information content (AvgIpc) is 2.72. The summed E-state index contributed by atoms with van der Waals surface area (Å²) in [5, 5.41) is 4.25. The first kappa shape index (κ1) is 18.3. The zero-order chi connectivity index (χ0) is 19.1. The number of carbonyl (C=O) groups is 2. The topological polar surface area (TPSA) is 58.5 Å². The van der Waals surface area contributed by atoms with Crippen molar-refractivity contribution in [2.24, 2.45) is 5.10 Å². The molecule has 1 amide bonds. The Hall–Kier alpha value is -3.53. The molecule has 0 radical (unpaired) electrons. The first-order valence-corrected chi connectivity index (χ1v) is 8.71. The van der Waals surface area contributed by atoms with Gasteiger partial charge in [-0.15, -0.1) is 0 Å². The largest absolute Gasteiger partial charge is 0.294 e. The Kier molecular flexibility index (Phi) is 5.90. The number of ketones is 1. The molecule has 0 atom stereocenters. The van der Waals surface area contributed by atoms with E-state index in [4.69, 9.17) is 0 Å². The van der Waals surface area contributed by atoms with Crippen LogP contribution in [0.25, 0.3) is 0 Å². The van der Waals surface area contributed by atoms with Crippen molar-refractivity contribution in [3.05, 3.63) is 107 Å². The maximum Gasteiger partial charge on any atom is 0.271 e.